The number of nitrogens with one attached hydrogen (secondary N) is 1. The molecular formula is C19H23Cl2N3O2. The van der Waals surface area contributed by atoms with Crippen LogP contribution in [0, 0.1) is 0 Å². The number of para-hydroxylation sites is 1. The van der Waals surface area contributed by atoms with Crippen LogP contribution in [0.25, 0.3) is 0 Å². The fourth-order valence-electron chi connectivity index (χ4n) is 2.98. The Hall–Kier alpha value is -1.82. The van der Waals surface area contributed by atoms with E-state index in [0.717, 1.165) is 18.7 Å². The molecule has 2 aromatic rings. The van der Waals surface area contributed by atoms with Crippen molar-refractivity contribution in [2.24, 2.45) is 0 Å². The number of rotatable bonds is 6. The molecule has 1 aromatic carbocycles. The second kappa shape index (κ2) is 10.4. The Labute approximate surface area is 165 Å². The first-order chi connectivity index (χ1) is 12.3. The summed E-state index contributed by atoms with van der Waals surface area (Å²) in [5, 5.41) is 3.94. The molecule has 0 saturated carbocycles. The van der Waals surface area contributed by atoms with Crippen LogP contribution in [0.2, 0.25) is 5.02 Å². The zero-order valence-electron chi connectivity index (χ0n) is 14.4. The van der Waals surface area contributed by atoms with Gasteiger partial charge in [-0.25, -0.2) is 0 Å². The number of carbonyl (C=O) groups is 1. The zero-order chi connectivity index (χ0) is 17.5. The van der Waals surface area contributed by atoms with Crippen LogP contribution in [0.1, 0.15) is 24.4 Å². The number of pyridine rings is 1. The van der Waals surface area contributed by atoms with Gasteiger partial charge in [0.1, 0.15) is 5.75 Å². The van der Waals surface area contributed by atoms with Gasteiger partial charge in [-0.2, -0.15) is 0 Å². The lowest BCUT2D eigenvalue weighted by Gasteiger charge is -2.36. The van der Waals surface area contributed by atoms with Gasteiger partial charge in [0.15, 0.2) is 0 Å². The Morgan fingerprint density at radius 2 is 2.15 bits per heavy atom. The highest BCUT2D eigenvalue weighted by Crippen LogP contribution is 2.24. The number of nitrogens with zero attached hydrogens (tertiary/aromatic N) is 2. The minimum atomic E-state index is 0. The Morgan fingerprint density at radius 1 is 1.31 bits per heavy atom. The van der Waals surface area contributed by atoms with Crippen LogP contribution in [0.5, 0.6) is 5.75 Å². The van der Waals surface area contributed by atoms with Crippen molar-refractivity contribution in [3.63, 3.8) is 0 Å². The van der Waals surface area contributed by atoms with Gasteiger partial charge in [0, 0.05) is 38.4 Å². The summed E-state index contributed by atoms with van der Waals surface area (Å²) >= 11 is 6.06. The maximum absolute atomic E-state index is 12.7. The molecule has 0 radical (unpaired) electrons. The minimum absolute atomic E-state index is 0. The van der Waals surface area contributed by atoms with Crippen molar-refractivity contribution in [2.75, 3.05) is 26.2 Å². The van der Waals surface area contributed by atoms with Crippen molar-refractivity contribution in [3.8, 4) is 5.75 Å². The van der Waals surface area contributed by atoms with Gasteiger partial charge >= 0.3 is 0 Å². The van der Waals surface area contributed by atoms with Crippen LogP contribution in [0.4, 0.5) is 0 Å². The monoisotopic (exact) mass is 395 g/mol. The molecule has 1 aromatic heterocycles. The maximum Gasteiger partial charge on any atom is 0.223 e. The zero-order valence-corrected chi connectivity index (χ0v) is 16.0. The fourth-order valence-corrected chi connectivity index (χ4v) is 3.17. The molecule has 0 spiro atoms. The Kier molecular flexibility index (Phi) is 8.16. The number of aromatic nitrogens is 1. The lowest BCUT2D eigenvalue weighted by molar-refractivity contribution is -0.134. The molecule has 1 aliphatic rings. The Bertz CT molecular complexity index is 700. The second-order valence-corrected chi connectivity index (χ2v) is 6.38. The molecule has 1 amide bonds. The van der Waals surface area contributed by atoms with E-state index in [4.69, 9.17) is 16.3 Å². The Balaban J connectivity index is 0.00000243. The lowest BCUT2D eigenvalue weighted by Crippen LogP contribution is -2.48. The van der Waals surface area contributed by atoms with Crippen LogP contribution in [-0.2, 0) is 4.79 Å². The standard InChI is InChI=1S/C19H22ClN3O2.ClH/c20-16-6-1-2-7-18(16)25-12-4-8-19(24)23-11-10-22-14-17(23)15-5-3-9-21-13-15;/h1-3,5-7,9,13,17,22H,4,8,10-12,14H2;1H. The van der Waals surface area contributed by atoms with Gasteiger partial charge in [0.05, 0.1) is 17.7 Å². The SMILES string of the molecule is Cl.O=C(CCCOc1ccccc1Cl)N1CCNCC1c1cccnc1. The smallest absolute Gasteiger partial charge is 0.223 e. The van der Waals surface area contributed by atoms with Crippen LogP contribution in [0.3, 0.4) is 0 Å². The van der Waals surface area contributed by atoms with Gasteiger partial charge in [0.2, 0.25) is 5.91 Å². The second-order valence-electron chi connectivity index (χ2n) is 5.98. The van der Waals surface area contributed by atoms with Crippen molar-refractivity contribution in [1.82, 2.24) is 15.2 Å². The van der Waals surface area contributed by atoms with E-state index in [2.05, 4.69) is 10.3 Å². The van der Waals surface area contributed by atoms with Gasteiger partial charge in [-0.1, -0.05) is 29.8 Å². The van der Waals surface area contributed by atoms with Crippen LogP contribution >= 0.6 is 24.0 Å². The molecule has 26 heavy (non-hydrogen) atoms. The summed E-state index contributed by atoms with van der Waals surface area (Å²) in [4.78, 5) is 18.8. The summed E-state index contributed by atoms with van der Waals surface area (Å²) in [6, 6.07) is 11.3. The minimum Gasteiger partial charge on any atom is -0.492 e. The van der Waals surface area contributed by atoms with Crippen LogP contribution < -0.4 is 10.1 Å². The predicted molar refractivity (Wildman–Crippen MR) is 105 cm³/mol. The van der Waals surface area contributed by atoms with Gasteiger partial charge in [-0.15, -0.1) is 12.4 Å². The van der Waals surface area contributed by atoms with Crippen molar-refractivity contribution in [2.45, 2.75) is 18.9 Å². The molecule has 1 N–H and O–H groups in total. The van der Waals surface area contributed by atoms with Gasteiger partial charge in [0.25, 0.3) is 0 Å². The summed E-state index contributed by atoms with van der Waals surface area (Å²) in [6.45, 7) is 2.76. The number of carbonyl (C=O) groups excluding carboxylic acids is 1. The molecule has 1 aliphatic heterocycles. The molecule has 5 nitrogen and oxygen atoms in total. The summed E-state index contributed by atoms with van der Waals surface area (Å²) in [5.41, 5.74) is 1.07. The molecule has 1 atom stereocenters. The summed E-state index contributed by atoms with van der Waals surface area (Å²) < 4.78 is 5.66. The molecule has 140 valence electrons. The average molecular weight is 396 g/mol. The van der Waals surface area contributed by atoms with E-state index in [1.165, 1.54) is 0 Å². The van der Waals surface area contributed by atoms with Crippen molar-refractivity contribution >= 4 is 29.9 Å². The number of piperazine rings is 1. The number of amides is 1. The van der Waals surface area contributed by atoms with E-state index in [0.29, 0.717) is 36.8 Å². The largest absolute Gasteiger partial charge is 0.492 e. The van der Waals surface area contributed by atoms with E-state index in [9.17, 15) is 4.79 Å². The van der Waals surface area contributed by atoms with Gasteiger partial charge in [-0.05, 0) is 30.2 Å². The number of hydrogen-bond donors (Lipinski definition) is 1. The predicted octanol–water partition coefficient (Wildman–Crippen LogP) is 3.49. The molecule has 0 bridgehead atoms. The van der Waals surface area contributed by atoms with E-state index in [-0.39, 0.29) is 24.4 Å². The van der Waals surface area contributed by atoms with E-state index >= 15 is 0 Å². The van der Waals surface area contributed by atoms with Crippen LogP contribution in [0.15, 0.2) is 48.8 Å². The third-order valence-electron chi connectivity index (χ3n) is 4.26. The summed E-state index contributed by atoms with van der Waals surface area (Å²) in [7, 11) is 0. The first-order valence-corrected chi connectivity index (χ1v) is 8.91. The van der Waals surface area contributed by atoms with Crippen molar-refractivity contribution in [1.29, 1.82) is 0 Å². The lowest BCUT2D eigenvalue weighted by atomic mass is 10.0. The molecule has 1 fully saturated rings. The Morgan fingerprint density at radius 3 is 2.92 bits per heavy atom. The molecular weight excluding hydrogens is 373 g/mol. The molecule has 7 heteroatoms. The average Bonchev–Trinajstić information content (AvgIpc) is 2.67. The van der Waals surface area contributed by atoms with E-state index < -0.39 is 0 Å². The number of ether oxygens (including phenoxy) is 1. The van der Waals surface area contributed by atoms with Gasteiger partial charge in [-0.3, -0.25) is 9.78 Å². The molecule has 3 rings (SSSR count). The third kappa shape index (κ3) is 5.34. The van der Waals surface area contributed by atoms with Crippen molar-refractivity contribution in [3.05, 3.63) is 59.4 Å². The van der Waals surface area contributed by atoms with Crippen LogP contribution in [-0.4, -0.2) is 42.0 Å². The topological polar surface area (TPSA) is 54.5 Å². The molecule has 1 unspecified atom stereocenters. The van der Waals surface area contributed by atoms with E-state index in [1.54, 1.807) is 12.3 Å². The quantitative estimate of drug-likeness (QED) is 0.760. The first kappa shape index (κ1) is 20.5. The summed E-state index contributed by atoms with van der Waals surface area (Å²) in [6.07, 6.45) is 4.70. The van der Waals surface area contributed by atoms with E-state index in [1.807, 2.05) is 41.4 Å². The maximum atomic E-state index is 12.7. The number of hydrogen-bond acceptors (Lipinski definition) is 4. The third-order valence-corrected chi connectivity index (χ3v) is 4.57. The van der Waals surface area contributed by atoms with Gasteiger partial charge < -0.3 is 15.0 Å². The summed E-state index contributed by atoms with van der Waals surface area (Å²) in [5.74, 6) is 0.810. The highest BCUT2D eigenvalue weighted by atomic mass is 35.5. The fraction of sp³-hybridized carbons (Fsp3) is 0.368. The molecule has 1 saturated heterocycles. The number of benzene rings is 1. The highest BCUT2D eigenvalue weighted by Gasteiger charge is 2.27. The highest BCUT2D eigenvalue weighted by molar-refractivity contribution is 6.32. The molecule has 2 heterocycles. The van der Waals surface area contributed by atoms with Crippen molar-refractivity contribution < 1.29 is 9.53 Å². The normalized spacial score (nSPS) is 16.7. The number of halogens is 2. The first-order valence-electron chi connectivity index (χ1n) is 8.53. The molecule has 0 aliphatic carbocycles.